The smallest absolute Gasteiger partial charge is 0.305 e. The predicted octanol–water partition coefficient (Wildman–Crippen LogP) is 2.06. The van der Waals surface area contributed by atoms with Crippen molar-refractivity contribution in [3.8, 4) is 0 Å². The summed E-state index contributed by atoms with van der Waals surface area (Å²) in [4.78, 5) is 10.7. The molecule has 1 saturated heterocycles. The van der Waals surface area contributed by atoms with Crippen molar-refractivity contribution in [3.63, 3.8) is 0 Å². The summed E-state index contributed by atoms with van der Waals surface area (Å²) >= 11 is 7.13. The molecule has 1 unspecified atom stereocenters. The lowest BCUT2D eigenvalue weighted by atomic mass is 10.2. The maximum atomic E-state index is 13.2. The number of thioether (sulfide) groups is 1. The molecule has 5 nitrogen and oxygen atoms in total. The molecule has 1 atom stereocenters. The van der Waals surface area contributed by atoms with Crippen molar-refractivity contribution in [2.24, 2.45) is 0 Å². The van der Waals surface area contributed by atoms with E-state index in [-0.39, 0.29) is 22.9 Å². The highest BCUT2D eigenvalue weighted by Gasteiger charge is 2.35. The molecule has 116 valence electrons. The molecule has 1 aliphatic heterocycles. The Bertz CT molecular complexity index is 653. The first-order chi connectivity index (χ1) is 9.82. The summed E-state index contributed by atoms with van der Waals surface area (Å²) in [6.07, 6.45) is -0.263. The number of benzene rings is 1. The molecule has 1 aliphatic rings. The van der Waals surface area contributed by atoms with Crippen LogP contribution >= 0.6 is 23.4 Å². The SMILES string of the molecule is O=C(O)CC1CSCCN1S(=O)(=O)c1ccc(F)c(Cl)c1. The van der Waals surface area contributed by atoms with Gasteiger partial charge in [-0.05, 0) is 18.2 Å². The number of aliphatic carboxylic acids is 1. The molecule has 1 aromatic rings. The van der Waals surface area contributed by atoms with E-state index in [0.29, 0.717) is 11.5 Å². The van der Waals surface area contributed by atoms with E-state index in [1.807, 2.05) is 0 Å². The molecule has 0 aromatic heterocycles. The molecule has 0 radical (unpaired) electrons. The first-order valence-electron chi connectivity index (χ1n) is 6.09. The van der Waals surface area contributed by atoms with Gasteiger partial charge in [0, 0.05) is 24.1 Å². The van der Waals surface area contributed by atoms with Gasteiger partial charge in [-0.1, -0.05) is 11.6 Å². The standard InChI is InChI=1S/C12H13ClFNO4S2/c13-10-6-9(1-2-11(10)14)21(18,19)15-3-4-20-7-8(15)5-12(16)17/h1-2,6,8H,3-5,7H2,(H,16,17). The van der Waals surface area contributed by atoms with Crippen LogP contribution in [0, 0.1) is 5.82 Å². The fourth-order valence-corrected chi connectivity index (χ4v) is 5.26. The highest BCUT2D eigenvalue weighted by Crippen LogP contribution is 2.28. The summed E-state index contributed by atoms with van der Waals surface area (Å²) in [6, 6.07) is 2.55. The normalized spacial score (nSPS) is 20.4. The van der Waals surface area contributed by atoms with E-state index in [4.69, 9.17) is 16.7 Å². The zero-order valence-electron chi connectivity index (χ0n) is 10.8. The van der Waals surface area contributed by atoms with E-state index < -0.39 is 27.9 Å². The lowest BCUT2D eigenvalue weighted by molar-refractivity contribution is -0.137. The summed E-state index contributed by atoms with van der Waals surface area (Å²) in [5, 5.41) is 8.62. The lowest BCUT2D eigenvalue weighted by Gasteiger charge is -2.33. The number of hydrogen-bond acceptors (Lipinski definition) is 4. The van der Waals surface area contributed by atoms with Gasteiger partial charge >= 0.3 is 5.97 Å². The van der Waals surface area contributed by atoms with Crippen molar-refractivity contribution in [3.05, 3.63) is 29.0 Å². The van der Waals surface area contributed by atoms with Crippen molar-refractivity contribution >= 4 is 39.4 Å². The van der Waals surface area contributed by atoms with Gasteiger partial charge in [0.2, 0.25) is 10.0 Å². The molecule has 9 heteroatoms. The molecular formula is C12H13ClFNO4S2. The summed E-state index contributed by atoms with van der Waals surface area (Å²) in [5.41, 5.74) is 0. The highest BCUT2D eigenvalue weighted by molar-refractivity contribution is 7.99. The second-order valence-corrected chi connectivity index (χ2v) is 7.97. The first kappa shape index (κ1) is 16.5. The molecule has 21 heavy (non-hydrogen) atoms. The average Bonchev–Trinajstić information content (AvgIpc) is 2.41. The fourth-order valence-electron chi connectivity index (χ4n) is 2.09. The molecule has 1 N–H and O–H groups in total. The van der Waals surface area contributed by atoms with Crippen LogP contribution in [0.1, 0.15) is 6.42 Å². The Hall–Kier alpha value is -0.830. The fraction of sp³-hybridized carbons (Fsp3) is 0.417. The molecule has 0 amide bonds. The first-order valence-corrected chi connectivity index (χ1v) is 9.06. The van der Waals surface area contributed by atoms with Gasteiger partial charge < -0.3 is 5.11 Å². The van der Waals surface area contributed by atoms with E-state index in [1.54, 1.807) is 0 Å². The van der Waals surface area contributed by atoms with Crippen LogP contribution in [-0.2, 0) is 14.8 Å². The van der Waals surface area contributed by atoms with Crippen LogP contribution in [0.2, 0.25) is 5.02 Å². The second-order valence-electron chi connectivity index (χ2n) is 4.52. The Morgan fingerprint density at radius 1 is 1.52 bits per heavy atom. The van der Waals surface area contributed by atoms with Crippen molar-refractivity contribution in [1.82, 2.24) is 4.31 Å². The number of rotatable bonds is 4. The van der Waals surface area contributed by atoms with Gasteiger partial charge in [0.15, 0.2) is 0 Å². The quantitative estimate of drug-likeness (QED) is 0.896. The van der Waals surface area contributed by atoms with Crippen LogP contribution in [0.3, 0.4) is 0 Å². The zero-order chi connectivity index (χ0) is 15.6. The zero-order valence-corrected chi connectivity index (χ0v) is 13.2. The van der Waals surface area contributed by atoms with Gasteiger partial charge in [0.25, 0.3) is 0 Å². The number of carbonyl (C=O) groups is 1. The third-order valence-corrected chi connectivity index (χ3v) is 6.41. The number of carboxylic acid groups (broad SMARTS) is 1. The van der Waals surface area contributed by atoms with E-state index in [1.165, 1.54) is 16.1 Å². The minimum absolute atomic E-state index is 0.129. The van der Waals surface area contributed by atoms with Crippen molar-refractivity contribution in [2.75, 3.05) is 18.1 Å². The van der Waals surface area contributed by atoms with Gasteiger partial charge in [0.05, 0.1) is 16.3 Å². The molecule has 1 heterocycles. The largest absolute Gasteiger partial charge is 0.481 e. The number of sulfonamides is 1. The molecule has 1 aromatic carbocycles. The van der Waals surface area contributed by atoms with Crippen LogP contribution in [0.25, 0.3) is 0 Å². The molecule has 1 fully saturated rings. The number of nitrogens with zero attached hydrogens (tertiary/aromatic N) is 1. The van der Waals surface area contributed by atoms with Crippen LogP contribution < -0.4 is 0 Å². The van der Waals surface area contributed by atoms with Gasteiger partial charge in [-0.25, -0.2) is 12.8 Å². The van der Waals surface area contributed by atoms with E-state index in [2.05, 4.69) is 0 Å². The third kappa shape index (κ3) is 3.68. The van der Waals surface area contributed by atoms with E-state index in [9.17, 15) is 17.6 Å². The van der Waals surface area contributed by atoms with Gasteiger partial charge in [-0.2, -0.15) is 16.1 Å². The summed E-state index contributed by atoms with van der Waals surface area (Å²) < 4.78 is 39.5. The Balaban J connectivity index is 2.35. The van der Waals surface area contributed by atoms with Crippen LogP contribution in [-0.4, -0.2) is 47.9 Å². The molecule has 0 saturated carbocycles. The predicted molar refractivity (Wildman–Crippen MR) is 78.7 cm³/mol. The minimum Gasteiger partial charge on any atom is -0.481 e. The molecule has 2 rings (SSSR count). The number of hydrogen-bond donors (Lipinski definition) is 1. The van der Waals surface area contributed by atoms with E-state index >= 15 is 0 Å². The van der Waals surface area contributed by atoms with Crippen molar-refractivity contribution in [2.45, 2.75) is 17.4 Å². The Morgan fingerprint density at radius 2 is 2.24 bits per heavy atom. The third-order valence-electron chi connectivity index (χ3n) is 3.08. The van der Waals surface area contributed by atoms with Crippen LogP contribution in [0.15, 0.2) is 23.1 Å². The van der Waals surface area contributed by atoms with Crippen LogP contribution in [0.4, 0.5) is 4.39 Å². The van der Waals surface area contributed by atoms with Crippen molar-refractivity contribution in [1.29, 1.82) is 0 Å². The molecular weight excluding hydrogens is 341 g/mol. The number of halogens is 2. The van der Waals surface area contributed by atoms with Crippen LogP contribution in [0.5, 0.6) is 0 Å². The Labute approximate surface area is 131 Å². The molecule has 0 bridgehead atoms. The summed E-state index contributed by atoms with van der Waals surface area (Å²) in [5.74, 6) is -0.753. The van der Waals surface area contributed by atoms with Crippen molar-refractivity contribution < 1.29 is 22.7 Å². The monoisotopic (exact) mass is 353 g/mol. The maximum Gasteiger partial charge on any atom is 0.305 e. The maximum absolute atomic E-state index is 13.2. The Morgan fingerprint density at radius 3 is 2.86 bits per heavy atom. The second kappa shape index (κ2) is 6.51. The van der Waals surface area contributed by atoms with E-state index in [0.717, 1.165) is 18.2 Å². The lowest BCUT2D eigenvalue weighted by Crippen LogP contribution is -2.46. The minimum atomic E-state index is -3.89. The molecule has 0 aliphatic carbocycles. The summed E-state index contributed by atoms with van der Waals surface area (Å²) in [7, 11) is -3.89. The average molecular weight is 354 g/mol. The number of carboxylic acids is 1. The highest BCUT2D eigenvalue weighted by atomic mass is 35.5. The molecule has 0 spiro atoms. The van der Waals surface area contributed by atoms with Gasteiger partial charge in [0.1, 0.15) is 5.82 Å². The van der Waals surface area contributed by atoms with Gasteiger partial charge in [-0.3, -0.25) is 4.79 Å². The van der Waals surface area contributed by atoms with Gasteiger partial charge in [-0.15, -0.1) is 0 Å². The Kier molecular flexibility index (Phi) is 5.13. The summed E-state index contributed by atoms with van der Waals surface area (Å²) in [6.45, 7) is 0.222. The topological polar surface area (TPSA) is 74.7 Å².